The number of fused-ring (bicyclic) bond motifs is 1. The maximum absolute atomic E-state index is 12.6. The van der Waals surface area contributed by atoms with Gasteiger partial charge in [-0.1, -0.05) is 47.0 Å². The summed E-state index contributed by atoms with van der Waals surface area (Å²) in [5.41, 5.74) is 0.518. The van der Waals surface area contributed by atoms with E-state index in [2.05, 4.69) is 39.6 Å². The lowest BCUT2D eigenvalue weighted by Crippen LogP contribution is -2.49. The van der Waals surface area contributed by atoms with Crippen LogP contribution in [0.15, 0.2) is 0 Å². The van der Waals surface area contributed by atoms with E-state index < -0.39 is 0 Å². The molecule has 1 heterocycles. The van der Waals surface area contributed by atoms with Gasteiger partial charge in [-0.15, -0.1) is 0 Å². The smallest absolute Gasteiger partial charge is 0.139 e. The number of nitrogens with zero attached hydrogens (tertiary/aromatic N) is 1. The van der Waals surface area contributed by atoms with E-state index in [4.69, 9.17) is 0 Å². The molecule has 172 valence electrons. The third-order valence-electron chi connectivity index (χ3n) is 11.2. The van der Waals surface area contributed by atoms with Crippen molar-refractivity contribution in [2.45, 2.75) is 105 Å². The predicted octanol–water partition coefficient (Wildman–Crippen LogP) is 6.97. The van der Waals surface area contributed by atoms with Crippen molar-refractivity contribution in [1.82, 2.24) is 4.90 Å². The molecule has 7 unspecified atom stereocenters. The quantitative estimate of drug-likeness (QED) is 0.483. The zero-order valence-electron chi connectivity index (χ0n) is 20.7. The molecule has 0 aromatic rings. The van der Waals surface area contributed by atoms with E-state index in [-0.39, 0.29) is 5.41 Å². The number of piperidine rings is 1. The SMILES string of the molecule is CCC1CC(CCC2CCN(C)CC2)CCC1(C)C1CCC2(C)C(=O)CCC2C1C. The van der Waals surface area contributed by atoms with Crippen LogP contribution < -0.4 is 0 Å². The van der Waals surface area contributed by atoms with Gasteiger partial charge in [0.15, 0.2) is 0 Å². The molecule has 0 N–H and O–H groups in total. The molecule has 3 aliphatic carbocycles. The van der Waals surface area contributed by atoms with Crippen molar-refractivity contribution in [2.75, 3.05) is 20.1 Å². The molecule has 2 heteroatoms. The van der Waals surface area contributed by atoms with E-state index in [9.17, 15) is 4.79 Å². The number of hydrogen-bond acceptors (Lipinski definition) is 2. The highest BCUT2D eigenvalue weighted by Crippen LogP contribution is 2.62. The van der Waals surface area contributed by atoms with Crippen LogP contribution in [0.1, 0.15) is 105 Å². The van der Waals surface area contributed by atoms with Crippen LogP contribution in [-0.4, -0.2) is 30.8 Å². The molecular formula is C28H49NO. The summed E-state index contributed by atoms with van der Waals surface area (Å²) in [5, 5.41) is 0. The monoisotopic (exact) mass is 415 g/mol. The van der Waals surface area contributed by atoms with Gasteiger partial charge in [0.1, 0.15) is 5.78 Å². The van der Waals surface area contributed by atoms with Crippen molar-refractivity contribution in [1.29, 1.82) is 0 Å². The molecule has 1 saturated heterocycles. The average Bonchev–Trinajstić information content (AvgIpc) is 3.04. The summed E-state index contributed by atoms with van der Waals surface area (Å²) < 4.78 is 0. The van der Waals surface area contributed by atoms with Crippen molar-refractivity contribution in [3.05, 3.63) is 0 Å². The molecule has 0 aromatic heterocycles. The zero-order valence-corrected chi connectivity index (χ0v) is 20.7. The van der Waals surface area contributed by atoms with E-state index in [0.717, 1.165) is 42.4 Å². The van der Waals surface area contributed by atoms with Crippen molar-refractivity contribution in [3.8, 4) is 0 Å². The predicted molar refractivity (Wildman–Crippen MR) is 126 cm³/mol. The van der Waals surface area contributed by atoms with Gasteiger partial charge >= 0.3 is 0 Å². The fourth-order valence-electron chi connectivity index (χ4n) is 8.91. The molecule has 4 fully saturated rings. The van der Waals surface area contributed by atoms with Gasteiger partial charge in [-0.2, -0.15) is 0 Å². The molecule has 0 radical (unpaired) electrons. The Bertz CT molecular complexity index is 608. The number of carbonyl (C=O) groups is 1. The minimum Gasteiger partial charge on any atom is -0.306 e. The average molecular weight is 416 g/mol. The minimum absolute atomic E-state index is 0.0131. The summed E-state index contributed by atoms with van der Waals surface area (Å²) in [5.74, 6) is 5.65. The fourth-order valence-corrected chi connectivity index (χ4v) is 8.91. The van der Waals surface area contributed by atoms with Gasteiger partial charge in [0, 0.05) is 11.8 Å². The minimum atomic E-state index is 0.0131. The number of Topliss-reactive ketones (excluding diaryl/α,β-unsaturated/α-hetero) is 1. The summed E-state index contributed by atoms with van der Waals surface area (Å²) in [6.45, 7) is 12.6. The van der Waals surface area contributed by atoms with E-state index in [1.54, 1.807) is 0 Å². The highest BCUT2D eigenvalue weighted by molar-refractivity contribution is 5.87. The molecule has 0 aromatic carbocycles. The van der Waals surface area contributed by atoms with Gasteiger partial charge in [0.2, 0.25) is 0 Å². The summed E-state index contributed by atoms with van der Waals surface area (Å²) in [7, 11) is 2.28. The van der Waals surface area contributed by atoms with Crippen LogP contribution in [0.5, 0.6) is 0 Å². The van der Waals surface area contributed by atoms with Crippen LogP contribution in [0.2, 0.25) is 0 Å². The highest BCUT2D eigenvalue weighted by atomic mass is 16.1. The highest BCUT2D eigenvalue weighted by Gasteiger charge is 2.56. The Morgan fingerprint density at radius 2 is 1.63 bits per heavy atom. The van der Waals surface area contributed by atoms with E-state index >= 15 is 0 Å². The van der Waals surface area contributed by atoms with Gasteiger partial charge < -0.3 is 4.90 Å². The first kappa shape index (κ1) is 22.8. The van der Waals surface area contributed by atoms with Crippen molar-refractivity contribution in [3.63, 3.8) is 0 Å². The summed E-state index contributed by atoms with van der Waals surface area (Å²) in [6, 6.07) is 0. The lowest BCUT2D eigenvalue weighted by Gasteiger charge is -2.56. The van der Waals surface area contributed by atoms with E-state index in [1.165, 1.54) is 77.3 Å². The third kappa shape index (κ3) is 4.04. The second kappa shape index (κ2) is 8.87. The second-order valence-corrected chi connectivity index (χ2v) is 12.6. The first-order chi connectivity index (χ1) is 14.3. The number of hydrogen-bond donors (Lipinski definition) is 0. The molecule has 0 spiro atoms. The Labute approximate surface area is 186 Å². The standard InChI is InChI=1S/C28H49NO/c1-6-23-19-22(8-7-21-13-17-29(5)18-14-21)11-15-27(23,3)25-12-16-28(4)24(20(25)2)9-10-26(28)30/h20-25H,6-19H2,1-5H3. The Balaban J connectivity index is 1.37. The van der Waals surface area contributed by atoms with Crippen LogP contribution in [0.25, 0.3) is 0 Å². The van der Waals surface area contributed by atoms with Gasteiger partial charge in [0.05, 0.1) is 0 Å². The Morgan fingerprint density at radius 1 is 0.933 bits per heavy atom. The van der Waals surface area contributed by atoms with E-state index in [1.807, 2.05) is 0 Å². The summed E-state index contributed by atoms with van der Waals surface area (Å²) in [6.07, 6.45) is 16.0. The molecule has 2 nitrogen and oxygen atoms in total. The van der Waals surface area contributed by atoms with E-state index in [0.29, 0.717) is 17.1 Å². The van der Waals surface area contributed by atoms with Crippen LogP contribution in [0, 0.1) is 46.3 Å². The topological polar surface area (TPSA) is 20.3 Å². The largest absolute Gasteiger partial charge is 0.306 e. The first-order valence-electron chi connectivity index (χ1n) is 13.5. The number of rotatable bonds is 5. The second-order valence-electron chi connectivity index (χ2n) is 12.6. The molecule has 0 bridgehead atoms. The number of ketones is 1. The normalized spacial score (nSPS) is 46.2. The molecule has 4 aliphatic rings. The van der Waals surface area contributed by atoms with Crippen molar-refractivity contribution in [2.24, 2.45) is 46.3 Å². The zero-order chi connectivity index (χ0) is 21.5. The van der Waals surface area contributed by atoms with Crippen LogP contribution in [-0.2, 0) is 4.79 Å². The third-order valence-corrected chi connectivity index (χ3v) is 11.2. The maximum Gasteiger partial charge on any atom is 0.139 e. The molecule has 4 rings (SSSR count). The van der Waals surface area contributed by atoms with Gasteiger partial charge in [0.25, 0.3) is 0 Å². The Morgan fingerprint density at radius 3 is 2.33 bits per heavy atom. The molecular weight excluding hydrogens is 366 g/mol. The molecule has 7 atom stereocenters. The van der Waals surface area contributed by atoms with Crippen LogP contribution >= 0.6 is 0 Å². The van der Waals surface area contributed by atoms with Crippen LogP contribution in [0.3, 0.4) is 0 Å². The summed E-state index contributed by atoms with van der Waals surface area (Å²) >= 11 is 0. The maximum atomic E-state index is 12.6. The summed E-state index contributed by atoms with van der Waals surface area (Å²) in [4.78, 5) is 15.1. The number of likely N-dealkylation sites (tertiary alicyclic amines) is 1. The van der Waals surface area contributed by atoms with Crippen LogP contribution in [0.4, 0.5) is 0 Å². The molecule has 0 amide bonds. The Kier molecular flexibility index (Phi) is 6.75. The fraction of sp³-hybridized carbons (Fsp3) is 0.964. The Hall–Kier alpha value is -0.370. The van der Waals surface area contributed by atoms with Gasteiger partial charge in [-0.25, -0.2) is 0 Å². The molecule has 30 heavy (non-hydrogen) atoms. The van der Waals surface area contributed by atoms with Crippen molar-refractivity contribution >= 4 is 5.78 Å². The lowest BCUT2D eigenvalue weighted by molar-refractivity contribution is -0.133. The first-order valence-corrected chi connectivity index (χ1v) is 13.5. The van der Waals surface area contributed by atoms with Gasteiger partial charge in [-0.05, 0) is 112 Å². The lowest BCUT2D eigenvalue weighted by atomic mass is 9.49. The van der Waals surface area contributed by atoms with Crippen molar-refractivity contribution < 1.29 is 4.79 Å². The van der Waals surface area contributed by atoms with Gasteiger partial charge in [-0.3, -0.25) is 4.79 Å². The molecule has 3 saturated carbocycles. The number of carbonyl (C=O) groups excluding carboxylic acids is 1. The molecule has 1 aliphatic heterocycles.